The van der Waals surface area contributed by atoms with Gasteiger partial charge >= 0.3 is 0 Å². The van der Waals surface area contributed by atoms with E-state index in [0.717, 1.165) is 12.3 Å². The quantitative estimate of drug-likeness (QED) is 0.472. The lowest BCUT2D eigenvalue weighted by Gasteiger charge is -2.07. The van der Waals surface area contributed by atoms with Gasteiger partial charge in [-0.25, -0.2) is 0 Å². The number of nitrogens with one attached hydrogen (secondary N) is 1. The van der Waals surface area contributed by atoms with Gasteiger partial charge in [0.05, 0.1) is 0 Å². The monoisotopic (exact) mass is 221 g/mol. The molecule has 0 spiro atoms. The molecule has 0 fully saturated rings. The van der Waals surface area contributed by atoms with Crippen molar-refractivity contribution in [1.29, 1.82) is 0 Å². The average molecular weight is 221 g/mol. The number of hydrogen-bond acceptors (Lipinski definition) is 1. The molecule has 92 valence electrons. The fourth-order valence-electron chi connectivity index (χ4n) is 1.64. The van der Waals surface area contributed by atoms with Crippen molar-refractivity contribution in [2.75, 3.05) is 7.05 Å². The van der Waals surface area contributed by atoms with E-state index >= 15 is 0 Å². The molecule has 0 aromatic heterocycles. The predicted molar refractivity (Wildman–Crippen MR) is 74.4 cm³/mol. The molecule has 0 aromatic carbocycles. The maximum Gasteiger partial charge on any atom is 0.00277 e. The number of unbranched alkanes of at least 4 members (excludes halogenated alkanes) is 1. The van der Waals surface area contributed by atoms with Crippen LogP contribution in [0.4, 0.5) is 0 Å². The van der Waals surface area contributed by atoms with Crippen molar-refractivity contribution in [1.82, 2.24) is 5.32 Å². The van der Waals surface area contributed by atoms with Gasteiger partial charge < -0.3 is 5.32 Å². The van der Waals surface area contributed by atoms with Crippen molar-refractivity contribution in [2.24, 2.45) is 5.92 Å². The summed E-state index contributed by atoms with van der Waals surface area (Å²) >= 11 is 0. The van der Waals surface area contributed by atoms with Crippen molar-refractivity contribution in [3.63, 3.8) is 0 Å². The summed E-state index contributed by atoms with van der Waals surface area (Å²) in [5, 5.41) is 3.01. The number of hydrogen-bond donors (Lipinski definition) is 1. The third kappa shape index (κ3) is 7.33. The van der Waals surface area contributed by atoms with Crippen LogP contribution in [0.25, 0.3) is 0 Å². The first-order valence-corrected chi connectivity index (χ1v) is 6.27. The van der Waals surface area contributed by atoms with E-state index < -0.39 is 0 Å². The molecule has 0 aliphatic heterocycles. The summed E-state index contributed by atoms with van der Waals surface area (Å²) < 4.78 is 0. The molecular weight excluding hydrogens is 194 g/mol. The summed E-state index contributed by atoms with van der Waals surface area (Å²) in [7, 11) is 1.92. The molecule has 0 aromatic rings. The topological polar surface area (TPSA) is 12.0 Å². The fraction of sp³-hybridized carbons (Fsp3) is 0.600. The highest BCUT2D eigenvalue weighted by molar-refractivity contribution is 5.30. The fourth-order valence-corrected chi connectivity index (χ4v) is 1.64. The minimum Gasteiger partial charge on any atom is -0.394 e. The molecule has 0 heterocycles. The molecule has 0 unspecified atom stereocenters. The Kier molecular flexibility index (Phi) is 8.69. The minimum atomic E-state index is 0.821. The van der Waals surface area contributed by atoms with Crippen LogP contribution >= 0.6 is 0 Å². The number of allylic oxidation sites excluding steroid dienone is 4. The van der Waals surface area contributed by atoms with Gasteiger partial charge in [-0.05, 0) is 49.1 Å². The molecule has 1 N–H and O–H groups in total. The average Bonchev–Trinajstić information content (AvgIpc) is 2.25. The Morgan fingerprint density at radius 2 is 2.00 bits per heavy atom. The summed E-state index contributed by atoms with van der Waals surface area (Å²) in [6, 6.07) is 0. The minimum absolute atomic E-state index is 0.821. The van der Waals surface area contributed by atoms with Gasteiger partial charge in [0.15, 0.2) is 0 Å². The normalized spacial score (nSPS) is 13.1. The maximum atomic E-state index is 3.89. The molecule has 0 saturated heterocycles. The highest BCUT2D eigenvalue weighted by atomic mass is 14.8. The molecule has 0 radical (unpaired) electrons. The van der Waals surface area contributed by atoms with Crippen molar-refractivity contribution >= 4 is 0 Å². The van der Waals surface area contributed by atoms with Crippen LogP contribution in [0.5, 0.6) is 0 Å². The SMILES string of the molecule is C=C/C(CCCCC(C)C)=C(C)\C=C/NC. The van der Waals surface area contributed by atoms with Gasteiger partial charge in [-0.1, -0.05) is 39.3 Å². The first kappa shape index (κ1) is 15.0. The van der Waals surface area contributed by atoms with Crippen LogP contribution in [-0.4, -0.2) is 7.05 Å². The van der Waals surface area contributed by atoms with Crippen LogP contribution in [0.3, 0.4) is 0 Å². The van der Waals surface area contributed by atoms with Gasteiger partial charge in [0.25, 0.3) is 0 Å². The van der Waals surface area contributed by atoms with Crippen LogP contribution in [0.1, 0.15) is 46.5 Å². The van der Waals surface area contributed by atoms with Crippen molar-refractivity contribution in [3.05, 3.63) is 36.1 Å². The van der Waals surface area contributed by atoms with Crippen LogP contribution in [0, 0.1) is 5.92 Å². The zero-order valence-corrected chi connectivity index (χ0v) is 11.3. The zero-order chi connectivity index (χ0) is 12.4. The van der Waals surface area contributed by atoms with E-state index in [-0.39, 0.29) is 0 Å². The van der Waals surface area contributed by atoms with Crippen molar-refractivity contribution < 1.29 is 0 Å². The van der Waals surface area contributed by atoms with E-state index in [9.17, 15) is 0 Å². The smallest absolute Gasteiger partial charge is 0.00277 e. The van der Waals surface area contributed by atoms with E-state index in [1.54, 1.807) is 0 Å². The van der Waals surface area contributed by atoms with Crippen molar-refractivity contribution in [3.8, 4) is 0 Å². The second kappa shape index (κ2) is 9.26. The second-order valence-electron chi connectivity index (χ2n) is 4.67. The lowest BCUT2D eigenvalue weighted by molar-refractivity contribution is 0.538. The van der Waals surface area contributed by atoms with Crippen LogP contribution < -0.4 is 5.32 Å². The zero-order valence-electron chi connectivity index (χ0n) is 11.3. The highest BCUT2D eigenvalue weighted by Crippen LogP contribution is 2.17. The van der Waals surface area contributed by atoms with E-state index in [4.69, 9.17) is 0 Å². The van der Waals surface area contributed by atoms with E-state index in [1.165, 1.54) is 30.4 Å². The van der Waals surface area contributed by atoms with E-state index in [2.05, 4.69) is 38.7 Å². The van der Waals surface area contributed by atoms with Gasteiger partial charge in [-0.3, -0.25) is 0 Å². The van der Waals surface area contributed by atoms with Gasteiger partial charge in [-0.15, -0.1) is 0 Å². The van der Waals surface area contributed by atoms with Crippen LogP contribution in [0.2, 0.25) is 0 Å². The summed E-state index contributed by atoms with van der Waals surface area (Å²) in [6.07, 6.45) is 11.1. The molecular formula is C15H27N. The van der Waals surface area contributed by atoms with Gasteiger partial charge in [-0.2, -0.15) is 0 Å². The maximum absolute atomic E-state index is 3.89. The first-order valence-electron chi connectivity index (χ1n) is 6.27. The Labute approximate surface area is 101 Å². The molecule has 0 aliphatic carbocycles. The first-order chi connectivity index (χ1) is 7.61. The Hall–Kier alpha value is -0.980. The Bertz CT molecular complexity index is 246. The Balaban J connectivity index is 4.08. The molecule has 1 heteroatoms. The molecule has 0 amide bonds. The molecule has 0 atom stereocenters. The van der Waals surface area contributed by atoms with Crippen LogP contribution in [0.15, 0.2) is 36.1 Å². The number of rotatable bonds is 8. The second-order valence-corrected chi connectivity index (χ2v) is 4.67. The molecule has 0 bridgehead atoms. The summed E-state index contributed by atoms with van der Waals surface area (Å²) in [4.78, 5) is 0. The highest BCUT2D eigenvalue weighted by Gasteiger charge is 1.98. The standard InChI is InChI=1S/C15H27N/c1-6-15(14(4)11-12-16-5)10-8-7-9-13(2)3/h6,11-13,16H,1,7-10H2,2-5H3/b12-11-,15-14+. The molecule has 0 saturated carbocycles. The van der Waals surface area contributed by atoms with E-state index in [1.807, 2.05) is 19.3 Å². The molecule has 1 nitrogen and oxygen atoms in total. The Morgan fingerprint density at radius 3 is 2.50 bits per heavy atom. The van der Waals surface area contributed by atoms with Gasteiger partial charge in [0.2, 0.25) is 0 Å². The lowest BCUT2D eigenvalue weighted by Crippen LogP contribution is -1.93. The van der Waals surface area contributed by atoms with Gasteiger partial charge in [0, 0.05) is 7.05 Å². The molecule has 16 heavy (non-hydrogen) atoms. The van der Waals surface area contributed by atoms with Crippen molar-refractivity contribution in [2.45, 2.75) is 46.5 Å². The summed E-state index contributed by atoms with van der Waals surface area (Å²) in [5.41, 5.74) is 2.68. The largest absolute Gasteiger partial charge is 0.394 e. The van der Waals surface area contributed by atoms with E-state index in [0.29, 0.717) is 0 Å². The summed E-state index contributed by atoms with van der Waals surface area (Å²) in [5.74, 6) is 0.821. The molecule has 0 aliphatic rings. The third-order valence-corrected chi connectivity index (χ3v) is 2.73. The van der Waals surface area contributed by atoms with Gasteiger partial charge in [0.1, 0.15) is 0 Å². The van der Waals surface area contributed by atoms with Crippen LogP contribution in [-0.2, 0) is 0 Å². The molecule has 0 rings (SSSR count). The Morgan fingerprint density at radius 1 is 1.31 bits per heavy atom. The lowest BCUT2D eigenvalue weighted by atomic mass is 9.99. The third-order valence-electron chi connectivity index (χ3n) is 2.73. The summed E-state index contributed by atoms with van der Waals surface area (Å²) in [6.45, 7) is 10.6. The predicted octanol–water partition coefficient (Wildman–Crippen LogP) is 4.44.